The number of aliphatic hydroxyl groups is 1. The average molecular weight is 289 g/mol. The zero-order valence-electron chi connectivity index (χ0n) is 13.0. The molecule has 0 aliphatic heterocycles. The van der Waals surface area contributed by atoms with E-state index in [4.69, 9.17) is 0 Å². The maximum atomic E-state index is 12.3. The molecule has 2 rings (SSSR count). The SMILES string of the molecule is CCC(NC(=O)c1ccn2cc(C)nc2c1)C(O)C(C)C. The second-order valence-corrected chi connectivity index (χ2v) is 5.79. The van der Waals surface area contributed by atoms with Crippen LogP contribution in [-0.4, -0.2) is 32.5 Å². The lowest BCUT2D eigenvalue weighted by Crippen LogP contribution is -2.45. The van der Waals surface area contributed by atoms with Crippen LogP contribution in [0.25, 0.3) is 5.65 Å². The highest BCUT2D eigenvalue weighted by Gasteiger charge is 2.22. The summed E-state index contributed by atoms with van der Waals surface area (Å²) in [6.07, 6.45) is 3.88. The van der Waals surface area contributed by atoms with Gasteiger partial charge in [-0.3, -0.25) is 4.79 Å². The molecule has 1 amide bonds. The highest BCUT2D eigenvalue weighted by atomic mass is 16.3. The molecular weight excluding hydrogens is 266 g/mol. The lowest BCUT2D eigenvalue weighted by atomic mass is 9.97. The van der Waals surface area contributed by atoms with Crippen molar-refractivity contribution < 1.29 is 9.90 Å². The van der Waals surface area contributed by atoms with Crippen LogP contribution in [0.3, 0.4) is 0 Å². The van der Waals surface area contributed by atoms with Crippen LogP contribution in [0.5, 0.6) is 0 Å². The predicted molar refractivity (Wildman–Crippen MR) is 82.3 cm³/mol. The van der Waals surface area contributed by atoms with Crippen molar-refractivity contribution in [1.29, 1.82) is 0 Å². The predicted octanol–water partition coefficient (Wildman–Crippen LogP) is 2.17. The molecule has 0 radical (unpaired) electrons. The molecule has 0 aromatic carbocycles. The number of aryl methyl sites for hydroxylation is 1. The van der Waals surface area contributed by atoms with Gasteiger partial charge >= 0.3 is 0 Å². The summed E-state index contributed by atoms with van der Waals surface area (Å²) in [4.78, 5) is 16.7. The third-order valence-corrected chi connectivity index (χ3v) is 3.69. The number of carbonyl (C=O) groups excluding carboxylic acids is 1. The molecule has 0 spiro atoms. The summed E-state index contributed by atoms with van der Waals surface area (Å²) in [5.74, 6) is -0.0719. The summed E-state index contributed by atoms with van der Waals surface area (Å²) in [7, 11) is 0. The molecule has 2 aromatic rings. The molecular formula is C16H23N3O2. The van der Waals surface area contributed by atoms with E-state index in [1.807, 2.05) is 44.5 Å². The van der Waals surface area contributed by atoms with Crippen LogP contribution in [0.2, 0.25) is 0 Å². The Balaban J connectivity index is 2.17. The van der Waals surface area contributed by atoms with Crippen molar-refractivity contribution in [2.75, 3.05) is 0 Å². The first kappa shape index (κ1) is 15.5. The molecule has 2 N–H and O–H groups in total. The van der Waals surface area contributed by atoms with Gasteiger partial charge in [0.1, 0.15) is 5.65 Å². The summed E-state index contributed by atoms with van der Waals surface area (Å²) in [5.41, 5.74) is 2.22. The first-order valence-electron chi connectivity index (χ1n) is 7.36. The number of nitrogens with one attached hydrogen (secondary N) is 1. The number of amides is 1. The van der Waals surface area contributed by atoms with Crippen LogP contribution < -0.4 is 5.32 Å². The smallest absolute Gasteiger partial charge is 0.251 e. The number of rotatable bonds is 5. The number of aliphatic hydroxyl groups excluding tert-OH is 1. The average Bonchev–Trinajstić information content (AvgIpc) is 2.82. The van der Waals surface area contributed by atoms with Gasteiger partial charge < -0.3 is 14.8 Å². The van der Waals surface area contributed by atoms with Gasteiger partial charge in [0.15, 0.2) is 0 Å². The minimum atomic E-state index is -0.545. The summed E-state index contributed by atoms with van der Waals surface area (Å²) in [6.45, 7) is 7.76. The van der Waals surface area contributed by atoms with Gasteiger partial charge in [0, 0.05) is 18.0 Å². The van der Waals surface area contributed by atoms with Gasteiger partial charge in [-0.05, 0) is 31.4 Å². The Morgan fingerprint density at radius 2 is 2.19 bits per heavy atom. The van der Waals surface area contributed by atoms with Gasteiger partial charge in [0.25, 0.3) is 5.91 Å². The molecule has 5 nitrogen and oxygen atoms in total. The molecule has 0 bridgehead atoms. The van der Waals surface area contributed by atoms with Crippen molar-refractivity contribution in [2.45, 2.75) is 46.3 Å². The fourth-order valence-electron chi connectivity index (χ4n) is 2.40. The molecule has 2 atom stereocenters. The molecule has 0 aliphatic rings. The van der Waals surface area contributed by atoms with E-state index >= 15 is 0 Å². The number of imidazole rings is 1. The number of fused-ring (bicyclic) bond motifs is 1. The Morgan fingerprint density at radius 3 is 2.81 bits per heavy atom. The Labute approximate surface area is 125 Å². The van der Waals surface area contributed by atoms with Crippen LogP contribution in [0.4, 0.5) is 0 Å². The molecule has 114 valence electrons. The van der Waals surface area contributed by atoms with Gasteiger partial charge in [-0.1, -0.05) is 20.8 Å². The molecule has 5 heteroatoms. The van der Waals surface area contributed by atoms with Crippen molar-refractivity contribution in [3.63, 3.8) is 0 Å². The fraction of sp³-hybridized carbons (Fsp3) is 0.500. The minimum absolute atomic E-state index is 0.104. The Kier molecular flexibility index (Phi) is 4.63. The van der Waals surface area contributed by atoms with E-state index in [9.17, 15) is 9.90 Å². The molecule has 0 saturated heterocycles. The summed E-state index contributed by atoms with van der Waals surface area (Å²) in [5, 5.41) is 13.0. The third-order valence-electron chi connectivity index (χ3n) is 3.69. The van der Waals surface area contributed by atoms with Crippen molar-refractivity contribution in [3.05, 3.63) is 35.8 Å². The van der Waals surface area contributed by atoms with Crippen LogP contribution in [-0.2, 0) is 0 Å². The van der Waals surface area contributed by atoms with E-state index in [0.29, 0.717) is 12.0 Å². The van der Waals surface area contributed by atoms with Crippen molar-refractivity contribution in [1.82, 2.24) is 14.7 Å². The summed E-state index contributed by atoms with van der Waals surface area (Å²) in [6, 6.07) is 3.28. The lowest BCUT2D eigenvalue weighted by Gasteiger charge is -2.25. The van der Waals surface area contributed by atoms with Crippen LogP contribution in [0.1, 0.15) is 43.2 Å². The quantitative estimate of drug-likeness (QED) is 0.886. The Hall–Kier alpha value is -1.88. The molecule has 0 fully saturated rings. The molecule has 2 unspecified atom stereocenters. The largest absolute Gasteiger partial charge is 0.391 e. The number of nitrogens with zero attached hydrogens (tertiary/aromatic N) is 2. The number of carbonyl (C=O) groups is 1. The van der Waals surface area contributed by atoms with Gasteiger partial charge in [-0.2, -0.15) is 0 Å². The number of aromatic nitrogens is 2. The molecule has 2 aromatic heterocycles. The van der Waals surface area contributed by atoms with E-state index in [1.165, 1.54) is 0 Å². The Bertz CT molecular complexity index is 633. The van der Waals surface area contributed by atoms with Gasteiger partial charge in [-0.15, -0.1) is 0 Å². The second-order valence-electron chi connectivity index (χ2n) is 5.79. The van der Waals surface area contributed by atoms with Gasteiger partial charge in [0.2, 0.25) is 0 Å². The van der Waals surface area contributed by atoms with E-state index in [-0.39, 0.29) is 17.9 Å². The maximum Gasteiger partial charge on any atom is 0.251 e. The van der Waals surface area contributed by atoms with Crippen molar-refractivity contribution >= 4 is 11.6 Å². The topological polar surface area (TPSA) is 66.6 Å². The third kappa shape index (κ3) is 3.42. The standard InChI is InChI=1S/C16H23N3O2/c1-5-13(15(20)10(2)3)18-16(21)12-6-7-19-9-11(4)17-14(19)8-12/h6-10,13,15,20H,5H2,1-4H3,(H,18,21). The van der Waals surface area contributed by atoms with E-state index in [2.05, 4.69) is 10.3 Å². The maximum absolute atomic E-state index is 12.3. The molecule has 21 heavy (non-hydrogen) atoms. The van der Waals surface area contributed by atoms with Crippen LogP contribution >= 0.6 is 0 Å². The Morgan fingerprint density at radius 1 is 1.48 bits per heavy atom. The van der Waals surface area contributed by atoms with Crippen LogP contribution in [0, 0.1) is 12.8 Å². The van der Waals surface area contributed by atoms with Crippen LogP contribution in [0.15, 0.2) is 24.5 Å². The van der Waals surface area contributed by atoms with E-state index in [0.717, 1.165) is 11.3 Å². The minimum Gasteiger partial charge on any atom is -0.391 e. The molecule has 0 aliphatic carbocycles. The summed E-state index contributed by atoms with van der Waals surface area (Å²) >= 11 is 0. The first-order chi connectivity index (χ1) is 9.92. The highest BCUT2D eigenvalue weighted by molar-refractivity contribution is 5.95. The number of pyridine rings is 1. The van der Waals surface area contributed by atoms with Crippen molar-refractivity contribution in [3.8, 4) is 0 Å². The first-order valence-corrected chi connectivity index (χ1v) is 7.36. The zero-order valence-corrected chi connectivity index (χ0v) is 13.0. The number of hydrogen-bond donors (Lipinski definition) is 2. The fourth-order valence-corrected chi connectivity index (χ4v) is 2.40. The van der Waals surface area contributed by atoms with E-state index < -0.39 is 6.10 Å². The van der Waals surface area contributed by atoms with Gasteiger partial charge in [0.05, 0.1) is 17.8 Å². The van der Waals surface area contributed by atoms with E-state index in [1.54, 1.807) is 12.1 Å². The normalized spacial score (nSPS) is 14.4. The number of hydrogen-bond acceptors (Lipinski definition) is 3. The van der Waals surface area contributed by atoms with Crippen molar-refractivity contribution in [2.24, 2.45) is 5.92 Å². The molecule has 2 heterocycles. The lowest BCUT2D eigenvalue weighted by molar-refractivity contribution is 0.0678. The van der Waals surface area contributed by atoms with Gasteiger partial charge in [-0.25, -0.2) is 4.98 Å². The highest BCUT2D eigenvalue weighted by Crippen LogP contribution is 2.12. The second kappa shape index (κ2) is 6.26. The summed E-state index contributed by atoms with van der Waals surface area (Å²) < 4.78 is 1.88. The zero-order chi connectivity index (χ0) is 15.6. The monoisotopic (exact) mass is 289 g/mol. The molecule has 0 saturated carbocycles.